The lowest BCUT2D eigenvalue weighted by Gasteiger charge is -2.14. The fourth-order valence-electron chi connectivity index (χ4n) is 4.03. The number of rotatable bonds is 8. The number of hydrogen-bond acceptors (Lipinski definition) is 8. The van der Waals surface area contributed by atoms with Crippen molar-refractivity contribution in [1.29, 1.82) is 0 Å². The van der Waals surface area contributed by atoms with Crippen LogP contribution in [0.1, 0.15) is 43.1 Å². The predicted octanol–water partition coefficient (Wildman–Crippen LogP) is 5.77. The van der Waals surface area contributed by atoms with Gasteiger partial charge in [0.1, 0.15) is 12.4 Å². The fourth-order valence-corrected chi connectivity index (χ4v) is 4.39. The van der Waals surface area contributed by atoms with E-state index in [2.05, 4.69) is 21.0 Å². The first-order valence-electron chi connectivity index (χ1n) is 11.9. The Morgan fingerprint density at radius 1 is 1.21 bits per heavy atom. The molecule has 1 atom stereocenters. The Balaban J connectivity index is 1.55. The molecular weight excluding hydrogens is 556 g/mol. The van der Waals surface area contributed by atoms with E-state index < -0.39 is 4.92 Å². The van der Waals surface area contributed by atoms with Gasteiger partial charge in [0.2, 0.25) is 12.5 Å². The number of benzene rings is 3. The molecule has 0 saturated heterocycles. The third-order valence-corrected chi connectivity index (χ3v) is 6.73. The number of nitrogens with zero attached hydrogens (tertiary/aromatic N) is 4. The molecular formula is C27H23BrN4O6. The molecule has 5 rings (SSSR count). The summed E-state index contributed by atoms with van der Waals surface area (Å²) in [6.07, 6.45) is 2.13. The summed E-state index contributed by atoms with van der Waals surface area (Å²) >= 11 is 3.40. The minimum Gasteiger partial charge on any atom is -0.481 e. The van der Waals surface area contributed by atoms with Crippen molar-refractivity contribution < 1.29 is 19.1 Å². The van der Waals surface area contributed by atoms with Crippen molar-refractivity contribution in [3.63, 3.8) is 0 Å². The highest BCUT2D eigenvalue weighted by molar-refractivity contribution is 9.10. The molecule has 3 aromatic carbocycles. The van der Waals surface area contributed by atoms with Gasteiger partial charge in [-0.15, -0.1) is 0 Å². The standard InChI is InChI=1S/C27H23BrN4O6/c1-3-16(2)26-30-21-9-8-19(28)12-20(21)27(33)31(26)29-13-18-5-4-6-22(32(34)35)25(18)36-14-17-7-10-23-24(11-17)38-15-37-23/h4-13,16H,3,14-15H2,1-2H3/t16-/m0/s1. The zero-order valence-electron chi connectivity index (χ0n) is 20.6. The van der Waals surface area contributed by atoms with Gasteiger partial charge in [-0.1, -0.05) is 41.9 Å². The van der Waals surface area contributed by atoms with Crippen molar-refractivity contribution in [3.05, 3.63) is 96.5 Å². The van der Waals surface area contributed by atoms with Crippen molar-refractivity contribution in [2.75, 3.05) is 6.79 Å². The average Bonchev–Trinajstić information content (AvgIpc) is 3.39. The van der Waals surface area contributed by atoms with Crippen LogP contribution >= 0.6 is 15.9 Å². The van der Waals surface area contributed by atoms with Crippen LogP contribution in [0.4, 0.5) is 5.69 Å². The monoisotopic (exact) mass is 578 g/mol. The van der Waals surface area contributed by atoms with Gasteiger partial charge in [-0.25, -0.2) is 4.98 Å². The third kappa shape index (κ3) is 4.97. The molecule has 0 spiro atoms. The van der Waals surface area contributed by atoms with E-state index in [-0.39, 0.29) is 36.3 Å². The second-order valence-electron chi connectivity index (χ2n) is 8.73. The van der Waals surface area contributed by atoms with Crippen molar-refractivity contribution in [2.45, 2.75) is 32.8 Å². The van der Waals surface area contributed by atoms with Crippen LogP contribution in [0.2, 0.25) is 0 Å². The molecule has 0 unspecified atom stereocenters. The molecule has 0 amide bonds. The molecule has 4 aromatic rings. The number of aromatic nitrogens is 2. The predicted molar refractivity (Wildman–Crippen MR) is 145 cm³/mol. The van der Waals surface area contributed by atoms with Gasteiger partial charge in [0.25, 0.3) is 5.56 Å². The maximum atomic E-state index is 13.4. The van der Waals surface area contributed by atoms with E-state index in [0.717, 1.165) is 16.5 Å². The van der Waals surface area contributed by atoms with Gasteiger partial charge < -0.3 is 14.2 Å². The molecule has 1 aliphatic heterocycles. The molecule has 0 saturated carbocycles. The van der Waals surface area contributed by atoms with E-state index in [9.17, 15) is 14.9 Å². The van der Waals surface area contributed by atoms with E-state index in [1.807, 2.05) is 19.9 Å². The van der Waals surface area contributed by atoms with E-state index >= 15 is 0 Å². The molecule has 11 heteroatoms. The SMILES string of the molecule is CC[C@H](C)c1nc2ccc(Br)cc2c(=O)n1N=Cc1cccc([N+](=O)[O-])c1OCc1ccc2c(c1)OCO2. The minimum atomic E-state index is -0.516. The number of nitro benzene ring substituents is 1. The van der Waals surface area contributed by atoms with Gasteiger partial charge in [-0.05, 0) is 48.4 Å². The molecule has 0 radical (unpaired) electrons. The van der Waals surface area contributed by atoms with Crippen LogP contribution < -0.4 is 19.8 Å². The third-order valence-electron chi connectivity index (χ3n) is 6.24. The average molecular weight is 579 g/mol. The second kappa shape index (κ2) is 10.6. The Morgan fingerprint density at radius 3 is 2.82 bits per heavy atom. The summed E-state index contributed by atoms with van der Waals surface area (Å²) < 4.78 is 18.7. The Labute approximate surface area is 225 Å². The molecule has 10 nitrogen and oxygen atoms in total. The van der Waals surface area contributed by atoms with Crippen LogP contribution in [-0.4, -0.2) is 27.6 Å². The lowest BCUT2D eigenvalue weighted by Crippen LogP contribution is -2.23. The highest BCUT2D eigenvalue weighted by Crippen LogP contribution is 2.34. The lowest BCUT2D eigenvalue weighted by molar-refractivity contribution is -0.385. The number of hydrogen-bond donors (Lipinski definition) is 0. The van der Waals surface area contributed by atoms with Gasteiger partial charge in [0.05, 0.1) is 22.0 Å². The first kappa shape index (κ1) is 25.4. The number of ether oxygens (including phenoxy) is 3. The maximum absolute atomic E-state index is 13.4. The zero-order chi connectivity index (χ0) is 26.8. The first-order valence-corrected chi connectivity index (χ1v) is 12.7. The van der Waals surface area contributed by atoms with E-state index in [4.69, 9.17) is 19.2 Å². The summed E-state index contributed by atoms with van der Waals surface area (Å²) in [5, 5.41) is 16.7. The van der Waals surface area contributed by atoms with Crippen LogP contribution in [0.5, 0.6) is 17.2 Å². The molecule has 0 bridgehead atoms. The Kier molecular flexibility index (Phi) is 7.10. The van der Waals surface area contributed by atoms with Gasteiger partial charge in [-0.2, -0.15) is 9.78 Å². The highest BCUT2D eigenvalue weighted by Gasteiger charge is 2.21. The number of nitro groups is 1. The van der Waals surface area contributed by atoms with Crippen molar-refractivity contribution in [3.8, 4) is 17.2 Å². The molecule has 0 N–H and O–H groups in total. The maximum Gasteiger partial charge on any atom is 0.311 e. The summed E-state index contributed by atoms with van der Waals surface area (Å²) in [6, 6.07) is 15.2. The molecule has 0 aliphatic carbocycles. The quantitative estimate of drug-likeness (QED) is 0.148. The highest BCUT2D eigenvalue weighted by atomic mass is 79.9. The summed E-state index contributed by atoms with van der Waals surface area (Å²) in [6.45, 7) is 4.15. The van der Waals surface area contributed by atoms with Crippen LogP contribution in [0, 0.1) is 10.1 Å². The zero-order valence-corrected chi connectivity index (χ0v) is 22.2. The van der Waals surface area contributed by atoms with E-state index in [1.165, 1.54) is 17.0 Å². The summed E-state index contributed by atoms with van der Waals surface area (Å²) in [4.78, 5) is 29.4. The summed E-state index contributed by atoms with van der Waals surface area (Å²) in [5.41, 5.74) is 1.11. The molecule has 0 fully saturated rings. The first-order chi connectivity index (χ1) is 18.4. The smallest absolute Gasteiger partial charge is 0.311 e. The Bertz CT molecular complexity index is 1630. The van der Waals surface area contributed by atoms with E-state index in [1.54, 1.807) is 42.5 Å². The van der Waals surface area contributed by atoms with Crippen LogP contribution in [0.15, 0.2) is 69.0 Å². The Hall–Kier alpha value is -4.25. The topological polar surface area (TPSA) is 118 Å². The minimum absolute atomic E-state index is 0.0357. The molecule has 1 aromatic heterocycles. The summed E-state index contributed by atoms with van der Waals surface area (Å²) in [5.74, 6) is 1.69. The van der Waals surface area contributed by atoms with Gasteiger partial charge >= 0.3 is 5.69 Å². The molecule has 2 heterocycles. The Morgan fingerprint density at radius 2 is 2.03 bits per heavy atom. The van der Waals surface area contributed by atoms with Crippen molar-refractivity contribution in [1.82, 2.24) is 9.66 Å². The van der Waals surface area contributed by atoms with Gasteiger partial charge in [-0.3, -0.25) is 14.9 Å². The molecule has 38 heavy (non-hydrogen) atoms. The van der Waals surface area contributed by atoms with Crippen LogP contribution in [0.25, 0.3) is 10.9 Å². The largest absolute Gasteiger partial charge is 0.481 e. The number of para-hydroxylation sites is 1. The molecule has 1 aliphatic rings. The summed E-state index contributed by atoms with van der Waals surface area (Å²) in [7, 11) is 0. The lowest BCUT2D eigenvalue weighted by atomic mass is 10.1. The fraction of sp³-hybridized carbons (Fsp3) is 0.222. The molecule has 194 valence electrons. The van der Waals surface area contributed by atoms with Crippen molar-refractivity contribution in [2.24, 2.45) is 5.10 Å². The second-order valence-corrected chi connectivity index (χ2v) is 9.65. The van der Waals surface area contributed by atoms with E-state index in [0.29, 0.717) is 33.8 Å². The van der Waals surface area contributed by atoms with Gasteiger partial charge in [0, 0.05) is 22.0 Å². The number of halogens is 1. The van der Waals surface area contributed by atoms with Crippen LogP contribution in [0.3, 0.4) is 0 Å². The number of fused-ring (bicyclic) bond motifs is 2. The van der Waals surface area contributed by atoms with Gasteiger partial charge in [0.15, 0.2) is 11.5 Å². The van der Waals surface area contributed by atoms with Crippen LogP contribution in [-0.2, 0) is 6.61 Å². The van der Waals surface area contributed by atoms with Crippen molar-refractivity contribution >= 4 is 38.7 Å². The normalized spacial score (nSPS) is 13.2.